The number of piperazine rings is 1. The van der Waals surface area contributed by atoms with Crippen molar-refractivity contribution in [3.05, 3.63) is 58.1 Å². The first kappa shape index (κ1) is 19.2. The number of halogens is 1. The zero-order valence-corrected chi connectivity index (χ0v) is 16.4. The van der Waals surface area contributed by atoms with Crippen molar-refractivity contribution < 1.29 is 9.69 Å². The molecule has 0 radical (unpaired) electrons. The minimum Gasteiger partial charge on any atom is -0.360 e. The molecule has 6 heteroatoms. The van der Waals surface area contributed by atoms with Crippen LogP contribution in [0.3, 0.4) is 0 Å². The Bertz CT molecular complexity index is 882. The fraction of sp³-hybridized carbons (Fsp3) is 0.333. The SMILES string of the molecule is Cc1cccc(N2CC[NH+](CC(=O)Nc3ccc(C#N)c(Cl)c3)CC2)c1C. The summed E-state index contributed by atoms with van der Waals surface area (Å²) in [6, 6.07) is 13.4. The molecule has 140 valence electrons. The highest BCUT2D eigenvalue weighted by Gasteiger charge is 2.23. The third kappa shape index (κ3) is 4.60. The predicted octanol–water partition coefficient (Wildman–Crippen LogP) is 2.17. The van der Waals surface area contributed by atoms with E-state index in [-0.39, 0.29) is 5.91 Å². The first-order valence-electron chi connectivity index (χ1n) is 9.12. The lowest BCUT2D eigenvalue weighted by Crippen LogP contribution is -3.15. The Morgan fingerprint density at radius 1 is 1.26 bits per heavy atom. The van der Waals surface area contributed by atoms with E-state index in [1.807, 2.05) is 6.07 Å². The number of nitriles is 1. The molecule has 1 amide bonds. The van der Waals surface area contributed by atoms with Gasteiger partial charge in [-0.3, -0.25) is 4.79 Å². The summed E-state index contributed by atoms with van der Waals surface area (Å²) in [5, 5.41) is 12.1. The molecule has 0 spiro atoms. The maximum atomic E-state index is 12.3. The van der Waals surface area contributed by atoms with Gasteiger partial charge in [0.2, 0.25) is 0 Å². The minimum atomic E-state index is -0.0361. The molecule has 3 rings (SSSR count). The first-order chi connectivity index (χ1) is 13.0. The Balaban J connectivity index is 1.53. The van der Waals surface area contributed by atoms with Crippen molar-refractivity contribution in [2.24, 2.45) is 0 Å². The minimum absolute atomic E-state index is 0.0361. The molecule has 0 aromatic heterocycles. The number of carbonyl (C=O) groups excluding carboxylic acids is 1. The van der Waals surface area contributed by atoms with Crippen LogP contribution in [-0.2, 0) is 4.79 Å². The molecular formula is C21H24ClN4O+. The van der Waals surface area contributed by atoms with Gasteiger partial charge < -0.3 is 15.1 Å². The lowest BCUT2D eigenvalue weighted by atomic mass is 10.1. The van der Waals surface area contributed by atoms with E-state index in [0.29, 0.717) is 22.8 Å². The van der Waals surface area contributed by atoms with E-state index in [2.05, 4.69) is 42.3 Å². The summed E-state index contributed by atoms with van der Waals surface area (Å²) in [7, 11) is 0. The van der Waals surface area contributed by atoms with Crippen LogP contribution in [0.15, 0.2) is 36.4 Å². The fourth-order valence-electron chi connectivity index (χ4n) is 3.43. The standard InChI is InChI=1S/C21H23ClN4O/c1-15-4-3-5-20(16(15)2)26-10-8-25(9-11-26)14-21(27)24-18-7-6-17(13-23)19(22)12-18/h3-7,12H,8-11,14H2,1-2H3,(H,24,27)/p+1. The maximum absolute atomic E-state index is 12.3. The number of nitrogens with one attached hydrogen (secondary N) is 2. The van der Waals surface area contributed by atoms with Gasteiger partial charge in [-0.1, -0.05) is 23.7 Å². The third-order valence-corrected chi connectivity index (χ3v) is 5.48. The molecule has 1 heterocycles. The number of amides is 1. The number of carbonyl (C=O) groups is 1. The second-order valence-electron chi connectivity index (χ2n) is 6.99. The molecule has 2 aromatic rings. The van der Waals surface area contributed by atoms with Gasteiger partial charge in [-0.05, 0) is 49.2 Å². The molecule has 2 N–H and O–H groups in total. The van der Waals surface area contributed by atoms with E-state index in [9.17, 15) is 4.79 Å². The van der Waals surface area contributed by atoms with Gasteiger partial charge in [0, 0.05) is 11.4 Å². The molecule has 0 unspecified atom stereocenters. The van der Waals surface area contributed by atoms with Crippen LogP contribution in [0.2, 0.25) is 5.02 Å². The Kier molecular flexibility index (Phi) is 6.00. The molecule has 5 nitrogen and oxygen atoms in total. The Labute approximate surface area is 165 Å². The maximum Gasteiger partial charge on any atom is 0.279 e. The van der Waals surface area contributed by atoms with Crippen molar-refractivity contribution in [3.8, 4) is 6.07 Å². The summed E-state index contributed by atoms with van der Waals surface area (Å²) in [4.78, 5) is 16.0. The molecule has 1 aliphatic rings. The summed E-state index contributed by atoms with van der Waals surface area (Å²) in [5.74, 6) is -0.0361. The van der Waals surface area contributed by atoms with Gasteiger partial charge in [0.05, 0.1) is 36.8 Å². The van der Waals surface area contributed by atoms with E-state index >= 15 is 0 Å². The van der Waals surface area contributed by atoms with Crippen molar-refractivity contribution in [2.75, 3.05) is 42.9 Å². The van der Waals surface area contributed by atoms with Gasteiger partial charge in [0.15, 0.2) is 6.54 Å². The van der Waals surface area contributed by atoms with Gasteiger partial charge in [-0.25, -0.2) is 0 Å². The van der Waals surface area contributed by atoms with Gasteiger partial charge in [-0.15, -0.1) is 0 Å². The van der Waals surface area contributed by atoms with Crippen LogP contribution in [0.4, 0.5) is 11.4 Å². The van der Waals surface area contributed by atoms with E-state index < -0.39 is 0 Å². The summed E-state index contributed by atoms with van der Waals surface area (Å²) in [5.41, 5.74) is 4.96. The van der Waals surface area contributed by atoms with Crippen molar-refractivity contribution in [1.29, 1.82) is 5.26 Å². The monoisotopic (exact) mass is 383 g/mol. The van der Waals surface area contributed by atoms with E-state index in [4.69, 9.17) is 16.9 Å². The summed E-state index contributed by atoms with van der Waals surface area (Å²) < 4.78 is 0. The number of hydrogen-bond donors (Lipinski definition) is 2. The Morgan fingerprint density at radius 3 is 2.67 bits per heavy atom. The molecule has 0 aliphatic carbocycles. The predicted molar refractivity (Wildman–Crippen MR) is 108 cm³/mol. The van der Waals surface area contributed by atoms with Crippen LogP contribution in [0.25, 0.3) is 0 Å². The van der Waals surface area contributed by atoms with Gasteiger partial charge >= 0.3 is 0 Å². The summed E-state index contributed by atoms with van der Waals surface area (Å²) in [6.45, 7) is 8.47. The molecule has 0 saturated carbocycles. The van der Waals surface area contributed by atoms with Gasteiger partial charge in [0.1, 0.15) is 6.07 Å². The van der Waals surface area contributed by atoms with E-state index in [0.717, 1.165) is 26.2 Å². The molecule has 1 fully saturated rings. The van der Waals surface area contributed by atoms with Crippen LogP contribution in [0, 0.1) is 25.2 Å². The molecule has 2 aromatic carbocycles. The number of aryl methyl sites for hydroxylation is 1. The van der Waals surface area contributed by atoms with Crippen LogP contribution < -0.4 is 15.1 Å². The number of nitrogens with zero attached hydrogens (tertiary/aromatic N) is 2. The number of anilines is 2. The van der Waals surface area contributed by atoms with Crippen LogP contribution in [0.5, 0.6) is 0 Å². The number of quaternary nitrogens is 1. The largest absolute Gasteiger partial charge is 0.360 e. The van der Waals surface area contributed by atoms with Crippen LogP contribution in [-0.4, -0.2) is 38.6 Å². The quantitative estimate of drug-likeness (QED) is 0.850. The fourth-order valence-corrected chi connectivity index (χ4v) is 3.66. The van der Waals surface area contributed by atoms with Crippen molar-refractivity contribution in [1.82, 2.24) is 0 Å². The lowest BCUT2D eigenvalue weighted by molar-refractivity contribution is -0.892. The zero-order chi connectivity index (χ0) is 19.4. The highest BCUT2D eigenvalue weighted by Crippen LogP contribution is 2.22. The summed E-state index contributed by atoms with van der Waals surface area (Å²) in [6.07, 6.45) is 0. The van der Waals surface area contributed by atoms with Crippen molar-refractivity contribution in [2.45, 2.75) is 13.8 Å². The van der Waals surface area contributed by atoms with Crippen LogP contribution >= 0.6 is 11.6 Å². The Morgan fingerprint density at radius 2 is 2.00 bits per heavy atom. The molecule has 0 atom stereocenters. The lowest BCUT2D eigenvalue weighted by Gasteiger charge is -2.34. The molecule has 0 bridgehead atoms. The topological polar surface area (TPSA) is 60.6 Å². The normalized spacial score (nSPS) is 14.7. The van der Waals surface area contributed by atoms with Gasteiger partial charge in [0.25, 0.3) is 5.91 Å². The van der Waals surface area contributed by atoms with Crippen LogP contribution in [0.1, 0.15) is 16.7 Å². The Hall–Kier alpha value is -2.55. The second-order valence-corrected chi connectivity index (χ2v) is 7.39. The molecule has 1 aliphatic heterocycles. The highest BCUT2D eigenvalue weighted by atomic mass is 35.5. The van der Waals surface area contributed by atoms with Gasteiger partial charge in [-0.2, -0.15) is 5.26 Å². The van der Waals surface area contributed by atoms with E-state index in [1.54, 1.807) is 18.2 Å². The smallest absolute Gasteiger partial charge is 0.279 e. The number of rotatable bonds is 4. The average Bonchev–Trinajstić information content (AvgIpc) is 2.65. The van der Waals surface area contributed by atoms with E-state index in [1.165, 1.54) is 21.7 Å². The molecule has 1 saturated heterocycles. The molecule has 27 heavy (non-hydrogen) atoms. The number of hydrogen-bond acceptors (Lipinski definition) is 3. The van der Waals surface area contributed by atoms with Crippen molar-refractivity contribution in [3.63, 3.8) is 0 Å². The third-order valence-electron chi connectivity index (χ3n) is 5.17. The van der Waals surface area contributed by atoms with Crippen molar-refractivity contribution >= 4 is 28.9 Å². The second kappa shape index (κ2) is 8.43. The summed E-state index contributed by atoms with van der Waals surface area (Å²) >= 11 is 6.02. The molecular weight excluding hydrogens is 360 g/mol. The first-order valence-corrected chi connectivity index (χ1v) is 9.50. The average molecular weight is 384 g/mol. The zero-order valence-electron chi connectivity index (χ0n) is 15.7. The number of benzene rings is 2. The highest BCUT2D eigenvalue weighted by molar-refractivity contribution is 6.32.